The Labute approximate surface area is 175 Å². The largest absolute Gasteiger partial charge is 0.493 e. The highest BCUT2D eigenvalue weighted by molar-refractivity contribution is 7.92. The van der Waals surface area contributed by atoms with Gasteiger partial charge in [0, 0.05) is 12.3 Å². The molecule has 0 aliphatic rings. The summed E-state index contributed by atoms with van der Waals surface area (Å²) in [6.45, 7) is -0.421. The van der Waals surface area contributed by atoms with Gasteiger partial charge in [0.05, 0.1) is 36.7 Å². The maximum Gasteiger partial charge on any atom is 0.264 e. The van der Waals surface area contributed by atoms with Gasteiger partial charge in [-0.2, -0.15) is 0 Å². The summed E-state index contributed by atoms with van der Waals surface area (Å²) in [7, 11) is -1.19. The number of carbonyl (C=O) groups is 1. The maximum absolute atomic E-state index is 13.4. The molecule has 0 fully saturated rings. The minimum Gasteiger partial charge on any atom is -0.493 e. The first-order chi connectivity index (χ1) is 14.5. The molecule has 3 rings (SSSR count). The molecule has 1 N–H and O–H groups in total. The highest BCUT2D eigenvalue weighted by Gasteiger charge is 2.28. The monoisotopic (exact) mass is 427 g/mol. The summed E-state index contributed by atoms with van der Waals surface area (Å²) in [5.74, 6) is 0.166. The fourth-order valence-corrected chi connectivity index (χ4v) is 4.22. The van der Waals surface area contributed by atoms with Crippen molar-refractivity contribution in [2.24, 2.45) is 0 Å². The number of pyridine rings is 1. The molecule has 1 amide bonds. The van der Waals surface area contributed by atoms with E-state index in [9.17, 15) is 13.2 Å². The van der Waals surface area contributed by atoms with Gasteiger partial charge in [0.15, 0.2) is 11.5 Å². The zero-order valence-electron chi connectivity index (χ0n) is 16.5. The summed E-state index contributed by atoms with van der Waals surface area (Å²) in [5, 5.41) is 2.65. The van der Waals surface area contributed by atoms with Crippen LogP contribution in [0.25, 0.3) is 0 Å². The predicted octanol–water partition coefficient (Wildman–Crippen LogP) is 2.93. The second kappa shape index (κ2) is 9.27. The number of aromatic nitrogens is 1. The van der Waals surface area contributed by atoms with Crippen molar-refractivity contribution in [2.45, 2.75) is 4.90 Å². The highest BCUT2D eigenvalue weighted by Crippen LogP contribution is 2.32. The van der Waals surface area contributed by atoms with Crippen LogP contribution in [0.2, 0.25) is 0 Å². The Balaban J connectivity index is 1.96. The molecule has 0 aliphatic heterocycles. The second-order valence-electron chi connectivity index (χ2n) is 6.15. The molecular weight excluding hydrogens is 406 g/mol. The van der Waals surface area contributed by atoms with E-state index in [0.29, 0.717) is 17.1 Å². The number of carbonyl (C=O) groups excluding carboxylic acids is 1. The second-order valence-corrected chi connectivity index (χ2v) is 8.02. The average molecular weight is 427 g/mol. The average Bonchev–Trinajstić information content (AvgIpc) is 2.78. The predicted molar refractivity (Wildman–Crippen MR) is 113 cm³/mol. The number of anilines is 2. The van der Waals surface area contributed by atoms with Gasteiger partial charge in [0.1, 0.15) is 6.54 Å². The molecule has 0 atom stereocenters. The zero-order chi connectivity index (χ0) is 21.6. The molecule has 0 radical (unpaired) electrons. The van der Waals surface area contributed by atoms with Gasteiger partial charge in [-0.1, -0.05) is 18.2 Å². The van der Waals surface area contributed by atoms with Crippen LogP contribution in [-0.4, -0.2) is 40.1 Å². The van der Waals surface area contributed by atoms with Gasteiger partial charge in [-0.15, -0.1) is 0 Å². The molecule has 1 heterocycles. The maximum atomic E-state index is 13.4. The van der Waals surface area contributed by atoms with Gasteiger partial charge >= 0.3 is 0 Å². The molecule has 0 saturated carbocycles. The standard InChI is InChI=1S/C21H21N3O5S/c1-28-19-11-10-18(13-20(19)29-2)30(26,27)24(17-8-4-3-5-9-17)15-21(25)23-16-7-6-12-22-14-16/h3-14H,15H2,1-2H3,(H,23,25). The SMILES string of the molecule is COc1ccc(S(=O)(=O)N(CC(=O)Nc2cccnc2)c2ccccc2)cc1OC. The van der Waals surface area contributed by atoms with E-state index in [0.717, 1.165) is 4.31 Å². The van der Waals surface area contributed by atoms with Crippen molar-refractivity contribution in [3.8, 4) is 11.5 Å². The summed E-state index contributed by atoms with van der Waals surface area (Å²) < 4.78 is 38.3. The number of benzene rings is 2. The molecule has 9 heteroatoms. The molecule has 30 heavy (non-hydrogen) atoms. The lowest BCUT2D eigenvalue weighted by atomic mass is 10.3. The lowest BCUT2D eigenvalue weighted by molar-refractivity contribution is -0.114. The number of nitrogens with one attached hydrogen (secondary N) is 1. The number of rotatable bonds is 8. The van der Waals surface area contributed by atoms with Gasteiger partial charge in [-0.25, -0.2) is 8.42 Å². The molecule has 156 valence electrons. The fraction of sp³-hybridized carbons (Fsp3) is 0.143. The van der Waals surface area contributed by atoms with E-state index < -0.39 is 22.5 Å². The lowest BCUT2D eigenvalue weighted by Crippen LogP contribution is -2.38. The summed E-state index contributed by atoms with van der Waals surface area (Å²) in [4.78, 5) is 16.5. The van der Waals surface area contributed by atoms with Crippen LogP contribution >= 0.6 is 0 Å². The van der Waals surface area contributed by atoms with Crippen LogP contribution in [0.4, 0.5) is 11.4 Å². The molecule has 0 bridgehead atoms. The van der Waals surface area contributed by atoms with Crippen LogP contribution in [0, 0.1) is 0 Å². The number of methoxy groups -OCH3 is 2. The van der Waals surface area contributed by atoms with Crippen LogP contribution in [-0.2, 0) is 14.8 Å². The van der Waals surface area contributed by atoms with Crippen LogP contribution in [0.1, 0.15) is 0 Å². The Morgan fingerprint density at radius 3 is 2.37 bits per heavy atom. The third kappa shape index (κ3) is 4.69. The Morgan fingerprint density at radius 2 is 1.73 bits per heavy atom. The minimum absolute atomic E-state index is 0.0295. The Kier molecular flexibility index (Phi) is 6.53. The van der Waals surface area contributed by atoms with Crippen molar-refractivity contribution in [2.75, 3.05) is 30.4 Å². The molecule has 1 aromatic heterocycles. The van der Waals surface area contributed by atoms with E-state index >= 15 is 0 Å². The molecule has 3 aromatic rings. The number of sulfonamides is 1. The summed E-state index contributed by atoms with van der Waals surface area (Å²) >= 11 is 0. The first kappa shape index (κ1) is 21.1. The first-order valence-corrected chi connectivity index (χ1v) is 10.4. The summed E-state index contributed by atoms with van der Waals surface area (Å²) in [6.07, 6.45) is 3.06. The number of amides is 1. The molecule has 0 unspecified atom stereocenters. The van der Waals surface area contributed by atoms with E-state index in [1.807, 2.05) is 0 Å². The Morgan fingerprint density at radius 1 is 1.00 bits per heavy atom. The van der Waals surface area contributed by atoms with E-state index in [1.165, 1.54) is 38.6 Å². The minimum atomic E-state index is -4.08. The van der Waals surface area contributed by atoms with Gasteiger partial charge in [0.25, 0.3) is 10.0 Å². The van der Waals surface area contributed by atoms with Crippen LogP contribution in [0.15, 0.2) is 78.0 Å². The first-order valence-electron chi connectivity index (χ1n) is 8.95. The summed E-state index contributed by atoms with van der Waals surface area (Å²) in [6, 6.07) is 16.0. The summed E-state index contributed by atoms with van der Waals surface area (Å²) in [5.41, 5.74) is 0.827. The van der Waals surface area contributed by atoms with E-state index in [2.05, 4.69) is 10.3 Å². The van der Waals surface area contributed by atoms with Crippen LogP contribution in [0.5, 0.6) is 11.5 Å². The quantitative estimate of drug-likeness (QED) is 0.594. The van der Waals surface area contributed by atoms with Crippen molar-refractivity contribution in [1.29, 1.82) is 0 Å². The molecule has 2 aromatic carbocycles. The van der Waals surface area contributed by atoms with Gasteiger partial charge in [0.2, 0.25) is 5.91 Å². The van der Waals surface area contributed by atoms with Crippen molar-refractivity contribution >= 4 is 27.3 Å². The smallest absolute Gasteiger partial charge is 0.264 e. The highest BCUT2D eigenvalue weighted by atomic mass is 32.2. The third-order valence-electron chi connectivity index (χ3n) is 4.22. The van der Waals surface area contributed by atoms with Gasteiger partial charge in [-0.3, -0.25) is 14.1 Å². The number of nitrogens with zero attached hydrogens (tertiary/aromatic N) is 2. The number of hydrogen-bond donors (Lipinski definition) is 1. The molecule has 0 aliphatic carbocycles. The lowest BCUT2D eigenvalue weighted by Gasteiger charge is -2.24. The van der Waals surface area contributed by atoms with Crippen molar-refractivity contribution in [3.05, 3.63) is 73.1 Å². The van der Waals surface area contributed by atoms with Crippen molar-refractivity contribution in [1.82, 2.24) is 4.98 Å². The van der Waals surface area contributed by atoms with E-state index in [4.69, 9.17) is 9.47 Å². The number of ether oxygens (including phenoxy) is 2. The molecule has 0 spiro atoms. The number of para-hydroxylation sites is 1. The molecule has 8 nitrogen and oxygen atoms in total. The van der Waals surface area contributed by atoms with Crippen molar-refractivity contribution in [3.63, 3.8) is 0 Å². The zero-order valence-corrected chi connectivity index (χ0v) is 17.3. The third-order valence-corrected chi connectivity index (χ3v) is 5.99. The molecule has 0 saturated heterocycles. The van der Waals surface area contributed by atoms with Crippen LogP contribution in [0.3, 0.4) is 0 Å². The number of hydrogen-bond acceptors (Lipinski definition) is 6. The van der Waals surface area contributed by atoms with Gasteiger partial charge in [-0.05, 0) is 36.4 Å². The van der Waals surface area contributed by atoms with E-state index in [1.54, 1.807) is 48.7 Å². The van der Waals surface area contributed by atoms with Crippen LogP contribution < -0.4 is 19.1 Å². The van der Waals surface area contributed by atoms with Crippen molar-refractivity contribution < 1.29 is 22.7 Å². The molecular formula is C21H21N3O5S. The van der Waals surface area contributed by atoms with Gasteiger partial charge < -0.3 is 14.8 Å². The Bertz CT molecular complexity index is 1110. The fourth-order valence-electron chi connectivity index (χ4n) is 2.78. The van der Waals surface area contributed by atoms with E-state index in [-0.39, 0.29) is 10.6 Å². The Hall–Kier alpha value is -3.59. The normalized spacial score (nSPS) is 10.9. The topological polar surface area (TPSA) is 97.8 Å².